The van der Waals surface area contributed by atoms with E-state index < -0.39 is 0 Å². The normalized spacial score (nSPS) is 14.7. The Labute approximate surface area is 122 Å². The SMILES string of the molecule is CCC(C)(CCO)NC(=O)c1ccccc1C(C)(C)C. The molecular formula is C17H27NO2. The number of hydrogen-bond acceptors (Lipinski definition) is 2. The summed E-state index contributed by atoms with van der Waals surface area (Å²) in [7, 11) is 0. The molecule has 1 rings (SSSR count). The van der Waals surface area contributed by atoms with Gasteiger partial charge in [0.15, 0.2) is 0 Å². The standard InChI is InChI=1S/C17H27NO2/c1-6-17(5,11-12-19)18-15(20)13-9-7-8-10-14(13)16(2,3)4/h7-10,19H,6,11-12H2,1-5H3,(H,18,20). The summed E-state index contributed by atoms with van der Waals surface area (Å²) in [6.45, 7) is 10.4. The fourth-order valence-electron chi connectivity index (χ4n) is 2.25. The summed E-state index contributed by atoms with van der Waals surface area (Å²) in [6.07, 6.45) is 1.35. The minimum absolute atomic E-state index is 0.0617. The lowest BCUT2D eigenvalue weighted by Gasteiger charge is -2.30. The van der Waals surface area contributed by atoms with Gasteiger partial charge in [-0.15, -0.1) is 0 Å². The molecule has 0 bridgehead atoms. The van der Waals surface area contributed by atoms with Gasteiger partial charge in [0.2, 0.25) is 0 Å². The van der Waals surface area contributed by atoms with Crippen LogP contribution in [0.2, 0.25) is 0 Å². The summed E-state index contributed by atoms with van der Waals surface area (Å²) >= 11 is 0. The fourth-order valence-corrected chi connectivity index (χ4v) is 2.25. The van der Waals surface area contributed by atoms with E-state index in [0.717, 1.165) is 17.5 Å². The zero-order chi connectivity index (χ0) is 15.4. The number of hydrogen-bond donors (Lipinski definition) is 2. The van der Waals surface area contributed by atoms with E-state index in [9.17, 15) is 4.79 Å². The molecule has 0 aromatic heterocycles. The lowest BCUT2D eigenvalue weighted by Crippen LogP contribution is -2.46. The molecule has 0 aliphatic rings. The second kappa shape index (κ2) is 6.40. The average Bonchev–Trinajstić information content (AvgIpc) is 2.38. The summed E-state index contributed by atoms with van der Waals surface area (Å²) in [5, 5.41) is 12.2. The molecule has 3 nitrogen and oxygen atoms in total. The number of benzene rings is 1. The number of amides is 1. The second-order valence-corrected chi connectivity index (χ2v) is 6.64. The predicted octanol–water partition coefficient (Wildman–Crippen LogP) is 3.27. The third-order valence-electron chi connectivity index (χ3n) is 3.84. The van der Waals surface area contributed by atoms with Gasteiger partial charge >= 0.3 is 0 Å². The van der Waals surface area contributed by atoms with Crippen LogP contribution in [-0.2, 0) is 5.41 Å². The number of aliphatic hydroxyl groups excluding tert-OH is 1. The monoisotopic (exact) mass is 277 g/mol. The van der Waals surface area contributed by atoms with Gasteiger partial charge in [-0.25, -0.2) is 0 Å². The van der Waals surface area contributed by atoms with Gasteiger partial charge in [-0.05, 0) is 36.8 Å². The van der Waals surface area contributed by atoms with Crippen molar-refractivity contribution in [3.8, 4) is 0 Å². The van der Waals surface area contributed by atoms with Gasteiger partial charge in [0.05, 0.1) is 0 Å². The van der Waals surface area contributed by atoms with Crippen molar-refractivity contribution >= 4 is 5.91 Å². The van der Waals surface area contributed by atoms with Crippen LogP contribution in [0, 0.1) is 0 Å². The molecule has 1 atom stereocenters. The van der Waals surface area contributed by atoms with E-state index in [4.69, 9.17) is 5.11 Å². The molecule has 1 unspecified atom stereocenters. The summed E-state index contributed by atoms with van der Waals surface area (Å²) in [5.41, 5.74) is 1.32. The molecule has 0 aliphatic heterocycles. The van der Waals surface area contributed by atoms with Crippen LogP contribution in [0.15, 0.2) is 24.3 Å². The third kappa shape index (κ3) is 4.07. The van der Waals surface area contributed by atoms with Crippen LogP contribution < -0.4 is 5.32 Å². The molecule has 0 spiro atoms. The van der Waals surface area contributed by atoms with E-state index in [1.54, 1.807) is 0 Å². The van der Waals surface area contributed by atoms with Gasteiger partial charge in [0.1, 0.15) is 0 Å². The molecule has 0 radical (unpaired) electrons. The van der Waals surface area contributed by atoms with Crippen molar-refractivity contribution in [2.75, 3.05) is 6.61 Å². The molecule has 0 saturated heterocycles. The maximum Gasteiger partial charge on any atom is 0.251 e. The van der Waals surface area contributed by atoms with Gasteiger partial charge < -0.3 is 10.4 Å². The summed E-state index contributed by atoms with van der Waals surface area (Å²) in [4.78, 5) is 12.6. The van der Waals surface area contributed by atoms with Gasteiger partial charge in [0.25, 0.3) is 5.91 Å². The van der Waals surface area contributed by atoms with Crippen LogP contribution in [0.1, 0.15) is 63.4 Å². The van der Waals surface area contributed by atoms with E-state index in [1.807, 2.05) is 38.1 Å². The van der Waals surface area contributed by atoms with Crippen molar-refractivity contribution in [2.45, 2.75) is 58.4 Å². The number of carbonyl (C=O) groups excluding carboxylic acids is 1. The molecule has 20 heavy (non-hydrogen) atoms. The molecule has 0 aliphatic carbocycles. The quantitative estimate of drug-likeness (QED) is 0.868. The topological polar surface area (TPSA) is 49.3 Å². The first-order valence-electron chi connectivity index (χ1n) is 7.26. The van der Waals surface area contributed by atoms with Crippen LogP contribution in [0.4, 0.5) is 0 Å². The van der Waals surface area contributed by atoms with E-state index >= 15 is 0 Å². The maximum absolute atomic E-state index is 12.6. The third-order valence-corrected chi connectivity index (χ3v) is 3.84. The Bertz CT molecular complexity index is 462. The first-order chi connectivity index (χ1) is 9.23. The van der Waals surface area contributed by atoms with Crippen molar-refractivity contribution in [1.29, 1.82) is 0 Å². The highest BCUT2D eigenvalue weighted by molar-refractivity contribution is 5.96. The molecule has 0 fully saturated rings. The number of rotatable bonds is 5. The van der Waals surface area contributed by atoms with Crippen LogP contribution >= 0.6 is 0 Å². The molecule has 1 aromatic carbocycles. The highest BCUT2D eigenvalue weighted by Crippen LogP contribution is 2.26. The van der Waals surface area contributed by atoms with Crippen LogP contribution in [0.3, 0.4) is 0 Å². The lowest BCUT2D eigenvalue weighted by molar-refractivity contribution is 0.0884. The van der Waals surface area contributed by atoms with E-state index in [0.29, 0.717) is 6.42 Å². The van der Waals surface area contributed by atoms with Gasteiger partial charge in [-0.3, -0.25) is 4.79 Å². The van der Waals surface area contributed by atoms with Gasteiger partial charge in [-0.2, -0.15) is 0 Å². The predicted molar refractivity (Wildman–Crippen MR) is 83.0 cm³/mol. The van der Waals surface area contributed by atoms with Gasteiger partial charge in [-0.1, -0.05) is 45.9 Å². The minimum atomic E-state index is -0.364. The van der Waals surface area contributed by atoms with Crippen molar-refractivity contribution < 1.29 is 9.90 Å². The Morgan fingerprint density at radius 2 is 1.80 bits per heavy atom. The molecule has 1 amide bonds. The summed E-state index contributed by atoms with van der Waals surface area (Å²) < 4.78 is 0. The van der Waals surface area contributed by atoms with Gasteiger partial charge in [0, 0.05) is 17.7 Å². The molecule has 112 valence electrons. The van der Waals surface area contributed by atoms with Crippen molar-refractivity contribution in [3.05, 3.63) is 35.4 Å². The van der Waals surface area contributed by atoms with Crippen LogP contribution in [0.5, 0.6) is 0 Å². The smallest absolute Gasteiger partial charge is 0.251 e. The first-order valence-corrected chi connectivity index (χ1v) is 7.26. The molecule has 0 heterocycles. The average molecular weight is 277 g/mol. The Kier molecular flexibility index (Phi) is 5.35. The largest absolute Gasteiger partial charge is 0.396 e. The second-order valence-electron chi connectivity index (χ2n) is 6.64. The number of nitrogens with one attached hydrogen (secondary N) is 1. The van der Waals surface area contributed by atoms with Crippen molar-refractivity contribution in [1.82, 2.24) is 5.32 Å². The Hall–Kier alpha value is -1.35. The highest BCUT2D eigenvalue weighted by Gasteiger charge is 2.27. The number of aliphatic hydroxyl groups is 1. The molecular weight excluding hydrogens is 250 g/mol. The van der Waals surface area contributed by atoms with Crippen molar-refractivity contribution in [2.24, 2.45) is 0 Å². The Balaban J connectivity index is 3.05. The zero-order valence-corrected chi connectivity index (χ0v) is 13.3. The van der Waals surface area contributed by atoms with Crippen LogP contribution in [-0.4, -0.2) is 23.2 Å². The molecule has 3 heteroatoms. The Morgan fingerprint density at radius 1 is 1.20 bits per heavy atom. The zero-order valence-electron chi connectivity index (χ0n) is 13.3. The van der Waals surface area contributed by atoms with E-state index in [2.05, 4.69) is 26.1 Å². The molecule has 0 saturated carbocycles. The molecule has 1 aromatic rings. The fraction of sp³-hybridized carbons (Fsp3) is 0.588. The van der Waals surface area contributed by atoms with E-state index in [1.165, 1.54) is 0 Å². The summed E-state index contributed by atoms with van der Waals surface area (Å²) in [5.74, 6) is -0.0617. The van der Waals surface area contributed by atoms with E-state index in [-0.39, 0.29) is 23.5 Å². The first kappa shape index (κ1) is 16.7. The van der Waals surface area contributed by atoms with Crippen LogP contribution in [0.25, 0.3) is 0 Å². The Morgan fingerprint density at radius 3 is 2.30 bits per heavy atom. The van der Waals surface area contributed by atoms with Crippen molar-refractivity contribution in [3.63, 3.8) is 0 Å². The summed E-state index contributed by atoms with van der Waals surface area (Å²) in [6, 6.07) is 7.72. The molecule has 2 N–H and O–H groups in total. The lowest BCUT2D eigenvalue weighted by atomic mass is 9.83. The maximum atomic E-state index is 12.6. The highest BCUT2D eigenvalue weighted by atomic mass is 16.3. The minimum Gasteiger partial charge on any atom is -0.396 e. The number of carbonyl (C=O) groups is 1.